The molecular formula is C14H17N3O2. The minimum absolute atomic E-state index is 0.334. The number of hydrogen-bond donors (Lipinski definition) is 1. The highest BCUT2D eigenvalue weighted by Gasteiger charge is 2.17. The number of hydrogen-bond acceptors (Lipinski definition) is 4. The lowest BCUT2D eigenvalue weighted by atomic mass is 9.93. The van der Waals surface area contributed by atoms with Gasteiger partial charge in [-0.05, 0) is 25.0 Å². The average molecular weight is 259 g/mol. The summed E-state index contributed by atoms with van der Waals surface area (Å²) >= 11 is 0. The predicted octanol–water partition coefficient (Wildman–Crippen LogP) is 1.76. The van der Waals surface area contributed by atoms with Gasteiger partial charge in [0.1, 0.15) is 5.65 Å². The molecule has 100 valence electrons. The van der Waals surface area contributed by atoms with E-state index in [2.05, 4.69) is 10.3 Å². The highest BCUT2D eigenvalue weighted by molar-refractivity contribution is 5.90. The van der Waals surface area contributed by atoms with Gasteiger partial charge in [-0.25, -0.2) is 9.78 Å². The molecule has 1 aliphatic carbocycles. The third-order valence-corrected chi connectivity index (χ3v) is 3.69. The van der Waals surface area contributed by atoms with Crippen LogP contribution < -0.4 is 5.32 Å². The van der Waals surface area contributed by atoms with E-state index in [0.717, 1.165) is 17.9 Å². The molecule has 2 heterocycles. The molecule has 0 aliphatic heterocycles. The summed E-state index contributed by atoms with van der Waals surface area (Å²) in [6.07, 6.45) is 7.58. The van der Waals surface area contributed by atoms with Gasteiger partial charge in [-0.15, -0.1) is 0 Å². The number of nitrogens with zero attached hydrogens (tertiary/aromatic N) is 2. The summed E-state index contributed by atoms with van der Waals surface area (Å²) in [4.78, 5) is 15.8. The van der Waals surface area contributed by atoms with Gasteiger partial charge >= 0.3 is 5.97 Å². The first-order chi connectivity index (χ1) is 9.28. The molecule has 1 fully saturated rings. The van der Waals surface area contributed by atoms with E-state index in [0.29, 0.717) is 11.6 Å². The van der Waals surface area contributed by atoms with Crippen molar-refractivity contribution in [3.05, 3.63) is 35.8 Å². The van der Waals surface area contributed by atoms with E-state index >= 15 is 0 Å². The van der Waals surface area contributed by atoms with Crippen molar-refractivity contribution < 1.29 is 9.53 Å². The number of methoxy groups -OCH3 is 1. The molecule has 2 aromatic heterocycles. The number of ether oxygens (including phenoxy) is 1. The summed E-state index contributed by atoms with van der Waals surface area (Å²) < 4.78 is 6.70. The summed E-state index contributed by atoms with van der Waals surface area (Å²) in [6, 6.07) is 4.16. The molecule has 0 bridgehead atoms. The molecule has 0 saturated heterocycles. The molecule has 0 amide bonds. The van der Waals surface area contributed by atoms with E-state index < -0.39 is 0 Å². The van der Waals surface area contributed by atoms with E-state index in [9.17, 15) is 4.79 Å². The van der Waals surface area contributed by atoms with E-state index in [-0.39, 0.29) is 5.97 Å². The molecule has 0 radical (unpaired) electrons. The molecule has 5 heteroatoms. The molecule has 0 spiro atoms. The van der Waals surface area contributed by atoms with Crippen LogP contribution in [0.2, 0.25) is 0 Å². The Morgan fingerprint density at radius 2 is 2.42 bits per heavy atom. The predicted molar refractivity (Wildman–Crippen MR) is 71.0 cm³/mol. The second-order valence-corrected chi connectivity index (χ2v) is 4.89. The van der Waals surface area contributed by atoms with Crippen molar-refractivity contribution in [1.82, 2.24) is 14.7 Å². The lowest BCUT2D eigenvalue weighted by Gasteiger charge is -2.26. The molecule has 5 nitrogen and oxygen atoms in total. The number of fused-ring (bicyclic) bond motifs is 1. The van der Waals surface area contributed by atoms with Crippen LogP contribution in [0.15, 0.2) is 24.5 Å². The maximum Gasteiger partial charge on any atom is 0.338 e. The SMILES string of the molecule is COC(=O)c1ccn2c(CNC3CCC3)cnc2c1. The van der Waals surface area contributed by atoms with Gasteiger partial charge in [0.2, 0.25) is 0 Å². The maximum absolute atomic E-state index is 11.5. The largest absolute Gasteiger partial charge is 0.465 e. The fourth-order valence-corrected chi connectivity index (χ4v) is 2.27. The summed E-state index contributed by atoms with van der Waals surface area (Å²) in [5.41, 5.74) is 2.41. The number of carbonyl (C=O) groups excluding carboxylic acids is 1. The third-order valence-electron chi connectivity index (χ3n) is 3.69. The molecule has 1 aliphatic rings. The maximum atomic E-state index is 11.5. The van der Waals surface area contributed by atoms with Crippen molar-refractivity contribution in [2.24, 2.45) is 0 Å². The molecule has 0 aromatic carbocycles. The van der Waals surface area contributed by atoms with Crippen LogP contribution in [0, 0.1) is 0 Å². The zero-order valence-electron chi connectivity index (χ0n) is 10.9. The number of nitrogens with one attached hydrogen (secondary N) is 1. The summed E-state index contributed by atoms with van der Waals surface area (Å²) in [7, 11) is 1.38. The lowest BCUT2D eigenvalue weighted by Crippen LogP contribution is -2.34. The van der Waals surface area contributed by atoms with Gasteiger partial charge in [0.05, 0.1) is 24.6 Å². The lowest BCUT2D eigenvalue weighted by molar-refractivity contribution is 0.0600. The zero-order chi connectivity index (χ0) is 13.2. The number of carbonyl (C=O) groups is 1. The molecule has 1 N–H and O–H groups in total. The summed E-state index contributed by atoms with van der Waals surface area (Å²) in [5, 5.41) is 3.51. The topological polar surface area (TPSA) is 55.6 Å². The zero-order valence-corrected chi connectivity index (χ0v) is 10.9. The normalized spacial score (nSPS) is 15.4. The number of aromatic nitrogens is 2. The van der Waals surface area contributed by atoms with Gasteiger partial charge in [0, 0.05) is 18.8 Å². The molecule has 0 unspecified atom stereocenters. The number of imidazole rings is 1. The molecule has 3 rings (SSSR count). The smallest absolute Gasteiger partial charge is 0.338 e. The van der Waals surface area contributed by atoms with Crippen LogP contribution in [-0.2, 0) is 11.3 Å². The minimum Gasteiger partial charge on any atom is -0.465 e. The van der Waals surface area contributed by atoms with Gasteiger partial charge in [-0.2, -0.15) is 0 Å². The third kappa shape index (κ3) is 2.33. The first-order valence-corrected chi connectivity index (χ1v) is 6.55. The Morgan fingerprint density at radius 3 is 3.11 bits per heavy atom. The Bertz CT molecular complexity index is 602. The Hall–Kier alpha value is -1.88. The van der Waals surface area contributed by atoms with Gasteiger partial charge < -0.3 is 14.5 Å². The van der Waals surface area contributed by atoms with E-state index in [1.807, 2.05) is 16.8 Å². The highest BCUT2D eigenvalue weighted by Crippen LogP contribution is 2.19. The van der Waals surface area contributed by atoms with Crippen LogP contribution in [0.4, 0.5) is 0 Å². The Kier molecular flexibility index (Phi) is 3.21. The van der Waals surface area contributed by atoms with Gasteiger partial charge in [0.15, 0.2) is 0 Å². The summed E-state index contributed by atoms with van der Waals surface area (Å²) in [5.74, 6) is -0.334. The molecule has 0 atom stereocenters. The number of rotatable bonds is 4. The first-order valence-electron chi connectivity index (χ1n) is 6.55. The molecule has 19 heavy (non-hydrogen) atoms. The van der Waals surface area contributed by atoms with Crippen molar-refractivity contribution >= 4 is 11.6 Å². The Morgan fingerprint density at radius 1 is 1.58 bits per heavy atom. The summed E-state index contributed by atoms with van der Waals surface area (Å²) in [6.45, 7) is 0.809. The highest BCUT2D eigenvalue weighted by atomic mass is 16.5. The van der Waals surface area contributed by atoms with Gasteiger partial charge in [-0.3, -0.25) is 0 Å². The first kappa shape index (κ1) is 12.2. The average Bonchev–Trinajstić information content (AvgIpc) is 2.78. The van der Waals surface area contributed by atoms with Crippen molar-refractivity contribution in [3.63, 3.8) is 0 Å². The Labute approximate surface area is 111 Å². The Balaban J connectivity index is 1.80. The van der Waals surface area contributed by atoms with Crippen LogP contribution in [0.5, 0.6) is 0 Å². The van der Waals surface area contributed by atoms with Crippen molar-refractivity contribution in [2.45, 2.75) is 31.8 Å². The van der Waals surface area contributed by atoms with Crippen LogP contribution in [0.25, 0.3) is 5.65 Å². The fourth-order valence-electron chi connectivity index (χ4n) is 2.27. The van der Waals surface area contributed by atoms with Crippen LogP contribution >= 0.6 is 0 Å². The minimum atomic E-state index is -0.334. The van der Waals surface area contributed by atoms with Crippen molar-refractivity contribution in [2.75, 3.05) is 7.11 Å². The monoisotopic (exact) mass is 259 g/mol. The van der Waals surface area contributed by atoms with Crippen molar-refractivity contribution in [1.29, 1.82) is 0 Å². The number of pyridine rings is 1. The van der Waals surface area contributed by atoms with E-state index in [1.165, 1.54) is 26.4 Å². The number of esters is 1. The van der Waals surface area contributed by atoms with Crippen molar-refractivity contribution in [3.8, 4) is 0 Å². The van der Waals surface area contributed by atoms with Crippen LogP contribution in [0.1, 0.15) is 35.3 Å². The van der Waals surface area contributed by atoms with Crippen LogP contribution in [0.3, 0.4) is 0 Å². The van der Waals surface area contributed by atoms with Gasteiger partial charge in [-0.1, -0.05) is 6.42 Å². The second-order valence-electron chi connectivity index (χ2n) is 4.89. The standard InChI is InChI=1S/C14H17N3O2/c1-19-14(18)10-5-6-17-12(9-16-13(17)7-10)8-15-11-3-2-4-11/h5-7,9,11,15H,2-4,8H2,1H3. The molecule has 1 saturated carbocycles. The fraction of sp³-hybridized carbons (Fsp3) is 0.429. The quantitative estimate of drug-likeness (QED) is 0.850. The van der Waals surface area contributed by atoms with E-state index in [1.54, 1.807) is 12.1 Å². The van der Waals surface area contributed by atoms with Gasteiger partial charge in [0.25, 0.3) is 0 Å². The molecule has 2 aromatic rings. The van der Waals surface area contributed by atoms with Crippen LogP contribution in [-0.4, -0.2) is 28.5 Å². The second kappa shape index (κ2) is 5.01. The van der Waals surface area contributed by atoms with E-state index in [4.69, 9.17) is 4.74 Å². The molecular weight excluding hydrogens is 242 g/mol.